The maximum absolute atomic E-state index is 6.04. The number of hydrogen-bond acceptors (Lipinski definition) is 2. The fraction of sp³-hybridized carbons (Fsp3) is 0.455. The molecule has 0 amide bonds. The molecular formula is C11H15NO. The summed E-state index contributed by atoms with van der Waals surface area (Å²) in [6, 6.07) is 6.56. The predicted molar refractivity (Wildman–Crippen MR) is 52.4 cm³/mol. The van der Waals surface area contributed by atoms with Crippen LogP contribution in [0.1, 0.15) is 29.2 Å². The molecule has 0 spiro atoms. The highest BCUT2D eigenvalue weighted by Crippen LogP contribution is 2.24. The van der Waals surface area contributed by atoms with Gasteiger partial charge >= 0.3 is 0 Å². The van der Waals surface area contributed by atoms with Gasteiger partial charge in [0.2, 0.25) is 0 Å². The van der Waals surface area contributed by atoms with Crippen LogP contribution in [0.5, 0.6) is 0 Å². The molecule has 1 atom stereocenters. The van der Waals surface area contributed by atoms with Gasteiger partial charge in [0.1, 0.15) is 0 Å². The Labute approximate surface area is 78.7 Å². The van der Waals surface area contributed by atoms with Crippen LogP contribution in [-0.2, 0) is 11.3 Å². The van der Waals surface area contributed by atoms with Crippen LogP contribution in [0.4, 0.5) is 0 Å². The maximum atomic E-state index is 6.04. The molecule has 2 rings (SSSR count). The van der Waals surface area contributed by atoms with Gasteiger partial charge in [0, 0.05) is 12.6 Å². The molecule has 1 heterocycles. The van der Waals surface area contributed by atoms with E-state index >= 15 is 0 Å². The normalized spacial score (nSPS) is 22.2. The molecule has 2 nitrogen and oxygen atoms in total. The standard InChI is InChI=1S/C11H15NO/c1-8-2-3-9-7-13-5-4-11(12)10(9)6-8/h2-3,6,11H,4-5,7,12H2,1H3/t11-/m0/s1. The van der Waals surface area contributed by atoms with Gasteiger partial charge in [-0.25, -0.2) is 0 Å². The van der Waals surface area contributed by atoms with E-state index < -0.39 is 0 Å². The zero-order valence-corrected chi connectivity index (χ0v) is 7.92. The van der Waals surface area contributed by atoms with E-state index in [1.807, 2.05) is 0 Å². The second-order valence-electron chi connectivity index (χ2n) is 3.65. The van der Waals surface area contributed by atoms with E-state index in [0.29, 0.717) is 6.61 Å². The first kappa shape index (κ1) is 8.73. The van der Waals surface area contributed by atoms with Crippen molar-refractivity contribution in [2.75, 3.05) is 6.61 Å². The van der Waals surface area contributed by atoms with Crippen LogP contribution >= 0.6 is 0 Å². The number of benzene rings is 1. The Morgan fingerprint density at radius 2 is 2.31 bits per heavy atom. The summed E-state index contributed by atoms with van der Waals surface area (Å²) in [6.07, 6.45) is 0.927. The minimum Gasteiger partial charge on any atom is -0.377 e. The van der Waals surface area contributed by atoms with E-state index in [-0.39, 0.29) is 6.04 Å². The van der Waals surface area contributed by atoms with Crippen molar-refractivity contribution in [1.82, 2.24) is 0 Å². The van der Waals surface area contributed by atoms with Crippen LogP contribution in [0, 0.1) is 6.92 Å². The number of aryl methyl sites for hydroxylation is 1. The van der Waals surface area contributed by atoms with Crippen LogP contribution in [-0.4, -0.2) is 6.61 Å². The fourth-order valence-electron chi connectivity index (χ4n) is 1.74. The van der Waals surface area contributed by atoms with Crippen molar-refractivity contribution < 1.29 is 4.74 Å². The smallest absolute Gasteiger partial charge is 0.0720 e. The number of fused-ring (bicyclic) bond motifs is 1. The highest BCUT2D eigenvalue weighted by molar-refractivity contribution is 5.33. The third kappa shape index (κ3) is 1.74. The van der Waals surface area contributed by atoms with Crippen molar-refractivity contribution >= 4 is 0 Å². The lowest BCUT2D eigenvalue weighted by molar-refractivity contribution is 0.122. The first-order valence-corrected chi connectivity index (χ1v) is 4.70. The fourth-order valence-corrected chi connectivity index (χ4v) is 1.74. The van der Waals surface area contributed by atoms with Crippen molar-refractivity contribution in [2.24, 2.45) is 5.73 Å². The van der Waals surface area contributed by atoms with E-state index in [9.17, 15) is 0 Å². The van der Waals surface area contributed by atoms with Gasteiger partial charge in [-0.05, 0) is 24.5 Å². The van der Waals surface area contributed by atoms with Gasteiger partial charge in [-0.3, -0.25) is 0 Å². The molecule has 0 aliphatic carbocycles. The van der Waals surface area contributed by atoms with E-state index in [0.717, 1.165) is 13.0 Å². The third-order valence-electron chi connectivity index (χ3n) is 2.53. The van der Waals surface area contributed by atoms with Crippen LogP contribution in [0.3, 0.4) is 0 Å². The summed E-state index contributed by atoms with van der Waals surface area (Å²) in [6.45, 7) is 3.58. The molecule has 0 fully saturated rings. The lowest BCUT2D eigenvalue weighted by Crippen LogP contribution is -2.11. The van der Waals surface area contributed by atoms with Gasteiger partial charge < -0.3 is 10.5 Å². The first-order chi connectivity index (χ1) is 6.27. The van der Waals surface area contributed by atoms with Gasteiger partial charge in [-0.2, -0.15) is 0 Å². The van der Waals surface area contributed by atoms with Crippen molar-refractivity contribution in [3.8, 4) is 0 Å². The molecule has 0 bridgehead atoms. The Kier molecular flexibility index (Phi) is 2.34. The summed E-state index contributed by atoms with van der Waals surface area (Å²) >= 11 is 0. The van der Waals surface area contributed by atoms with Crippen LogP contribution < -0.4 is 5.73 Å². The van der Waals surface area contributed by atoms with E-state index in [1.165, 1.54) is 16.7 Å². The summed E-state index contributed by atoms with van der Waals surface area (Å²) in [7, 11) is 0. The topological polar surface area (TPSA) is 35.2 Å². The summed E-state index contributed by atoms with van der Waals surface area (Å²) < 4.78 is 5.45. The van der Waals surface area contributed by atoms with Crippen molar-refractivity contribution in [2.45, 2.75) is 26.0 Å². The molecule has 2 N–H and O–H groups in total. The zero-order valence-electron chi connectivity index (χ0n) is 7.92. The van der Waals surface area contributed by atoms with Crippen LogP contribution in [0.25, 0.3) is 0 Å². The average molecular weight is 177 g/mol. The van der Waals surface area contributed by atoms with Crippen molar-refractivity contribution in [3.05, 3.63) is 34.9 Å². The summed E-state index contributed by atoms with van der Waals surface area (Å²) in [5.74, 6) is 0. The van der Waals surface area contributed by atoms with E-state index in [1.54, 1.807) is 0 Å². The van der Waals surface area contributed by atoms with Gasteiger partial charge in [-0.15, -0.1) is 0 Å². The zero-order chi connectivity index (χ0) is 9.26. The molecule has 0 radical (unpaired) electrons. The Hall–Kier alpha value is -0.860. The van der Waals surface area contributed by atoms with Crippen LogP contribution in [0.2, 0.25) is 0 Å². The van der Waals surface area contributed by atoms with Crippen molar-refractivity contribution in [3.63, 3.8) is 0 Å². The van der Waals surface area contributed by atoms with Gasteiger partial charge in [-0.1, -0.05) is 23.8 Å². The number of ether oxygens (including phenoxy) is 1. The predicted octanol–water partition coefficient (Wildman–Crippen LogP) is 1.92. The van der Waals surface area contributed by atoms with Gasteiger partial charge in [0.15, 0.2) is 0 Å². The van der Waals surface area contributed by atoms with Crippen molar-refractivity contribution in [1.29, 1.82) is 0 Å². The van der Waals surface area contributed by atoms with Crippen LogP contribution in [0.15, 0.2) is 18.2 Å². The Morgan fingerprint density at radius 3 is 3.15 bits per heavy atom. The minimum absolute atomic E-state index is 0.150. The third-order valence-corrected chi connectivity index (χ3v) is 2.53. The Bertz CT molecular complexity index is 309. The van der Waals surface area contributed by atoms with E-state index in [2.05, 4.69) is 25.1 Å². The summed E-state index contributed by atoms with van der Waals surface area (Å²) in [5.41, 5.74) is 9.82. The van der Waals surface area contributed by atoms with E-state index in [4.69, 9.17) is 10.5 Å². The molecule has 1 aliphatic heterocycles. The monoisotopic (exact) mass is 177 g/mol. The van der Waals surface area contributed by atoms with Gasteiger partial charge in [0.25, 0.3) is 0 Å². The summed E-state index contributed by atoms with van der Waals surface area (Å²) in [5, 5.41) is 0. The SMILES string of the molecule is Cc1ccc2c(c1)[C@@H](N)CCOC2. The quantitative estimate of drug-likeness (QED) is 0.657. The molecule has 70 valence electrons. The molecule has 13 heavy (non-hydrogen) atoms. The molecule has 1 aromatic rings. The highest BCUT2D eigenvalue weighted by atomic mass is 16.5. The number of rotatable bonds is 0. The minimum atomic E-state index is 0.150. The lowest BCUT2D eigenvalue weighted by Gasteiger charge is -2.11. The number of nitrogens with two attached hydrogens (primary N) is 1. The second kappa shape index (κ2) is 3.48. The second-order valence-corrected chi connectivity index (χ2v) is 3.65. The summed E-state index contributed by atoms with van der Waals surface area (Å²) in [4.78, 5) is 0. The molecule has 1 aliphatic rings. The first-order valence-electron chi connectivity index (χ1n) is 4.70. The highest BCUT2D eigenvalue weighted by Gasteiger charge is 2.14. The Balaban J connectivity index is 2.43. The Morgan fingerprint density at radius 1 is 1.46 bits per heavy atom. The maximum Gasteiger partial charge on any atom is 0.0720 e. The lowest BCUT2D eigenvalue weighted by atomic mass is 9.98. The molecule has 0 saturated heterocycles. The largest absolute Gasteiger partial charge is 0.377 e. The van der Waals surface area contributed by atoms with Gasteiger partial charge in [0.05, 0.1) is 6.61 Å². The average Bonchev–Trinajstić information content (AvgIpc) is 2.29. The molecular weight excluding hydrogens is 162 g/mol. The molecule has 0 saturated carbocycles. The molecule has 0 unspecified atom stereocenters. The number of hydrogen-bond donors (Lipinski definition) is 1. The molecule has 2 heteroatoms. The molecule has 0 aromatic heterocycles. The molecule has 1 aromatic carbocycles.